The van der Waals surface area contributed by atoms with Crippen molar-refractivity contribution in [3.63, 3.8) is 0 Å². The van der Waals surface area contributed by atoms with Gasteiger partial charge in [0.2, 0.25) is 0 Å². The van der Waals surface area contributed by atoms with Crippen LogP contribution in [0.1, 0.15) is 26.0 Å². The van der Waals surface area contributed by atoms with Gasteiger partial charge in [-0.1, -0.05) is 13.8 Å². The molecule has 4 heteroatoms. The van der Waals surface area contributed by atoms with Crippen LogP contribution in [0.25, 0.3) is 0 Å². The van der Waals surface area contributed by atoms with Gasteiger partial charge in [-0.05, 0) is 12.5 Å². The second-order valence-corrected chi connectivity index (χ2v) is 5.62. The molecule has 1 aliphatic heterocycles. The van der Waals surface area contributed by atoms with Crippen LogP contribution in [0.3, 0.4) is 0 Å². The minimum atomic E-state index is 0.244. The van der Waals surface area contributed by atoms with Crippen molar-refractivity contribution in [3.8, 4) is 0 Å². The second kappa shape index (κ2) is 4.03. The molecule has 0 bridgehead atoms. The lowest BCUT2D eigenvalue weighted by Gasteiger charge is -2.54. The van der Waals surface area contributed by atoms with E-state index in [1.54, 1.807) is 12.5 Å². The van der Waals surface area contributed by atoms with Crippen LogP contribution in [-0.2, 0) is 11.3 Å². The van der Waals surface area contributed by atoms with Crippen LogP contribution in [0, 0.1) is 11.3 Å². The Hall–Kier alpha value is -1.00. The summed E-state index contributed by atoms with van der Waals surface area (Å²) < 4.78 is 5.78. The molecule has 0 spiro atoms. The summed E-state index contributed by atoms with van der Waals surface area (Å²) in [5, 5.41) is 3.63. The number of nitrogens with zero attached hydrogens (tertiary/aromatic N) is 2. The van der Waals surface area contributed by atoms with E-state index in [-0.39, 0.29) is 5.41 Å². The van der Waals surface area contributed by atoms with Gasteiger partial charge in [0.05, 0.1) is 11.8 Å². The molecule has 0 amide bonds. The molecule has 1 aliphatic carbocycles. The van der Waals surface area contributed by atoms with E-state index in [0.717, 1.165) is 18.8 Å². The monoisotopic (exact) mass is 233 g/mol. The molecule has 1 aromatic rings. The summed E-state index contributed by atoms with van der Waals surface area (Å²) in [5.41, 5.74) is 1.30. The van der Waals surface area contributed by atoms with E-state index in [9.17, 15) is 0 Å². The maximum atomic E-state index is 5.78. The predicted molar refractivity (Wildman–Crippen MR) is 64.3 cm³/mol. The first-order valence-corrected chi connectivity index (χ1v) is 6.29. The van der Waals surface area contributed by atoms with E-state index in [1.807, 2.05) is 6.07 Å². The first kappa shape index (κ1) is 11.1. The lowest BCUT2D eigenvalue weighted by molar-refractivity contribution is -0.113. The summed E-state index contributed by atoms with van der Waals surface area (Å²) in [6.45, 7) is 6.32. The zero-order valence-corrected chi connectivity index (χ0v) is 10.4. The van der Waals surface area contributed by atoms with Gasteiger partial charge >= 0.3 is 0 Å². The maximum absolute atomic E-state index is 5.78. The molecule has 4 nitrogen and oxygen atoms in total. The Morgan fingerprint density at radius 2 is 2.41 bits per heavy atom. The fourth-order valence-electron chi connectivity index (χ4n) is 3.38. The summed E-state index contributed by atoms with van der Waals surface area (Å²) in [7, 11) is 0. The second-order valence-electron chi connectivity index (χ2n) is 5.62. The minimum absolute atomic E-state index is 0.244. The van der Waals surface area contributed by atoms with Crippen LogP contribution >= 0.6 is 0 Å². The summed E-state index contributed by atoms with van der Waals surface area (Å²) in [6, 6.07) is 2.51. The summed E-state index contributed by atoms with van der Waals surface area (Å²) in [5.74, 6) is 0.687. The Labute approximate surface area is 102 Å². The van der Waals surface area contributed by atoms with Gasteiger partial charge in [0.1, 0.15) is 6.33 Å². The van der Waals surface area contributed by atoms with Crippen molar-refractivity contribution in [2.24, 2.45) is 11.3 Å². The number of fused-ring (bicyclic) bond motifs is 1. The van der Waals surface area contributed by atoms with Gasteiger partial charge in [-0.3, -0.25) is 0 Å². The summed E-state index contributed by atoms with van der Waals surface area (Å²) in [6.07, 6.45) is 5.03. The van der Waals surface area contributed by atoms with Crippen LogP contribution in [0.2, 0.25) is 0 Å². The molecule has 1 aromatic heterocycles. The predicted octanol–water partition coefficient (Wildman–Crippen LogP) is 1.38. The average Bonchev–Trinajstić information content (AvgIpc) is 2.77. The van der Waals surface area contributed by atoms with Crippen molar-refractivity contribution in [1.82, 2.24) is 15.3 Å². The molecule has 3 rings (SSSR count). The minimum Gasteiger partial charge on any atom is -0.377 e. The lowest BCUT2D eigenvalue weighted by Crippen LogP contribution is -2.65. The van der Waals surface area contributed by atoms with Crippen LogP contribution in [0.4, 0.5) is 0 Å². The van der Waals surface area contributed by atoms with E-state index < -0.39 is 0 Å². The van der Waals surface area contributed by atoms with Gasteiger partial charge in [-0.25, -0.2) is 9.97 Å². The molecule has 0 radical (unpaired) electrons. The lowest BCUT2D eigenvalue weighted by atomic mass is 9.57. The van der Waals surface area contributed by atoms with Crippen molar-refractivity contribution in [2.45, 2.75) is 39.0 Å². The first-order valence-electron chi connectivity index (χ1n) is 6.29. The smallest absolute Gasteiger partial charge is 0.115 e. The fraction of sp³-hybridized carbons (Fsp3) is 0.692. The highest BCUT2D eigenvalue weighted by Crippen LogP contribution is 2.52. The Kier molecular flexibility index (Phi) is 2.64. The number of aromatic nitrogens is 2. The molecule has 0 aromatic carbocycles. The molecule has 1 saturated heterocycles. The molecule has 3 atom stereocenters. The number of rotatable bonds is 3. The molecule has 17 heavy (non-hydrogen) atoms. The Bertz CT molecular complexity index is 393. The molecule has 92 valence electrons. The van der Waals surface area contributed by atoms with E-state index >= 15 is 0 Å². The number of hydrogen-bond donors (Lipinski definition) is 1. The van der Waals surface area contributed by atoms with Crippen LogP contribution < -0.4 is 5.32 Å². The van der Waals surface area contributed by atoms with E-state index in [0.29, 0.717) is 18.1 Å². The normalized spacial score (nSPS) is 34.1. The number of ether oxygens (including phenoxy) is 1. The van der Waals surface area contributed by atoms with E-state index in [2.05, 4.69) is 29.1 Å². The van der Waals surface area contributed by atoms with Crippen LogP contribution in [0.5, 0.6) is 0 Å². The summed E-state index contributed by atoms with van der Waals surface area (Å²) in [4.78, 5) is 8.17. The topological polar surface area (TPSA) is 47.0 Å². The van der Waals surface area contributed by atoms with Gasteiger partial charge < -0.3 is 10.1 Å². The first-order chi connectivity index (χ1) is 8.19. The fourth-order valence-corrected chi connectivity index (χ4v) is 3.38. The largest absolute Gasteiger partial charge is 0.377 e. The van der Waals surface area contributed by atoms with Crippen LogP contribution in [-0.4, -0.2) is 28.7 Å². The highest BCUT2D eigenvalue weighted by molar-refractivity contribution is 5.12. The third-order valence-corrected chi connectivity index (χ3v) is 4.25. The van der Waals surface area contributed by atoms with Gasteiger partial charge in [-0.15, -0.1) is 0 Å². The number of nitrogens with one attached hydrogen (secondary N) is 1. The zero-order valence-electron chi connectivity index (χ0n) is 10.4. The molecule has 2 fully saturated rings. The van der Waals surface area contributed by atoms with Crippen LogP contribution in [0.15, 0.2) is 18.6 Å². The third kappa shape index (κ3) is 1.76. The molecule has 2 heterocycles. The molecular formula is C13H19N3O. The van der Waals surface area contributed by atoms with Crippen molar-refractivity contribution in [3.05, 3.63) is 24.3 Å². The van der Waals surface area contributed by atoms with Crippen molar-refractivity contribution in [2.75, 3.05) is 6.61 Å². The number of hydrogen-bond acceptors (Lipinski definition) is 4. The average molecular weight is 233 g/mol. The van der Waals surface area contributed by atoms with Crippen molar-refractivity contribution >= 4 is 0 Å². The molecule has 2 aliphatic rings. The molecule has 1 N–H and O–H groups in total. The molecule has 1 saturated carbocycles. The Balaban J connectivity index is 1.63. The Morgan fingerprint density at radius 1 is 1.53 bits per heavy atom. The third-order valence-electron chi connectivity index (χ3n) is 4.25. The van der Waals surface area contributed by atoms with E-state index in [4.69, 9.17) is 4.74 Å². The van der Waals surface area contributed by atoms with Crippen molar-refractivity contribution < 1.29 is 4.74 Å². The van der Waals surface area contributed by atoms with Gasteiger partial charge in [0.15, 0.2) is 0 Å². The van der Waals surface area contributed by atoms with Gasteiger partial charge in [0.25, 0.3) is 0 Å². The quantitative estimate of drug-likeness (QED) is 0.856. The molecular weight excluding hydrogens is 214 g/mol. The van der Waals surface area contributed by atoms with Crippen molar-refractivity contribution in [1.29, 1.82) is 0 Å². The molecule has 3 unspecified atom stereocenters. The highest BCUT2D eigenvalue weighted by Gasteiger charge is 2.58. The van der Waals surface area contributed by atoms with Gasteiger partial charge in [0, 0.05) is 36.7 Å². The Morgan fingerprint density at radius 3 is 3.18 bits per heavy atom. The standard InChI is InChI=1S/C13H19N3O/c1-13(2)11(10-4-6-17-12(10)13)15-7-9-3-5-14-8-16-9/h3,5,8,10-12,15H,4,6-7H2,1-2H3. The maximum Gasteiger partial charge on any atom is 0.115 e. The summed E-state index contributed by atoms with van der Waals surface area (Å²) >= 11 is 0. The highest BCUT2D eigenvalue weighted by atomic mass is 16.5. The SMILES string of the molecule is CC1(C)C(NCc2ccncn2)C2CCOC21. The van der Waals surface area contributed by atoms with E-state index in [1.165, 1.54) is 6.42 Å². The van der Waals surface area contributed by atoms with Gasteiger partial charge in [-0.2, -0.15) is 0 Å². The zero-order chi connectivity index (χ0) is 11.9.